The summed E-state index contributed by atoms with van der Waals surface area (Å²) in [6.07, 6.45) is 0.241. The van der Waals surface area contributed by atoms with E-state index in [0.29, 0.717) is 0 Å². The van der Waals surface area contributed by atoms with Crippen LogP contribution in [-0.4, -0.2) is 26.4 Å². The van der Waals surface area contributed by atoms with Crippen LogP contribution in [0.1, 0.15) is 33.3 Å². The van der Waals surface area contributed by atoms with Crippen LogP contribution in [0.3, 0.4) is 0 Å². The lowest BCUT2D eigenvalue weighted by Crippen LogP contribution is -2.42. The second-order valence-corrected chi connectivity index (χ2v) is 4.92. The Morgan fingerprint density at radius 1 is 1.00 bits per heavy atom. The van der Waals surface area contributed by atoms with Crippen molar-refractivity contribution in [2.75, 3.05) is 7.11 Å². The Bertz CT molecular complexity index is 367. The van der Waals surface area contributed by atoms with Gasteiger partial charge in [0.05, 0.1) is 7.11 Å². The van der Waals surface area contributed by atoms with E-state index in [0.717, 1.165) is 16.8 Å². The summed E-state index contributed by atoms with van der Waals surface area (Å²) in [4.78, 5) is 0. The summed E-state index contributed by atoms with van der Waals surface area (Å²) >= 11 is 0. The first-order valence-corrected chi connectivity index (χ1v) is 6.39. The fraction of sp³-hybridized carbons (Fsp3) is 0.571. The minimum Gasteiger partial charge on any atom is -0.497 e. The SMILES string of the molecule is COc1ccc(B(OC(C)C)OC(C)C)c(C)c1. The molecule has 0 fully saturated rings. The summed E-state index contributed by atoms with van der Waals surface area (Å²) in [6.45, 7) is 10.1. The predicted octanol–water partition coefficient (Wildman–Crippen LogP) is 2.55. The second-order valence-electron chi connectivity index (χ2n) is 4.92. The Morgan fingerprint density at radius 3 is 1.94 bits per heavy atom. The van der Waals surface area contributed by atoms with Gasteiger partial charge in [-0.05, 0) is 57.8 Å². The second kappa shape index (κ2) is 6.81. The first-order chi connectivity index (χ1) is 8.43. The quantitative estimate of drug-likeness (QED) is 0.726. The van der Waals surface area contributed by atoms with Crippen LogP contribution in [0.4, 0.5) is 0 Å². The highest BCUT2D eigenvalue weighted by atomic mass is 16.6. The molecule has 0 aliphatic carbocycles. The van der Waals surface area contributed by atoms with Crippen molar-refractivity contribution in [1.82, 2.24) is 0 Å². The molecule has 0 aliphatic heterocycles. The molecule has 0 amide bonds. The molecule has 0 aliphatic rings. The van der Waals surface area contributed by atoms with Crippen LogP contribution < -0.4 is 10.2 Å². The lowest BCUT2D eigenvalue weighted by molar-refractivity contribution is 0.139. The Morgan fingerprint density at radius 2 is 1.56 bits per heavy atom. The maximum atomic E-state index is 5.84. The third kappa shape index (κ3) is 4.35. The zero-order valence-corrected chi connectivity index (χ0v) is 12.2. The predicted molar refractivity (Wildman–Crippen MR) is 75.6 cm³/mol. The third-order valence-corrected chi connectivity index (χ3v) is 2.52. The van der Waals surface area contributed by atoms with Crippen molar-refractivity contribution in [1.29, 1.82) is 0 Å². The zero-order chi connectivity index (χ0) is 13.7. The van der Waals surface area contributed by atoms with E-state index < -0.39 is 0 Å². The van der Waals surface area contributed by atoms with E-state index in [9.17, 15) is 0 Å². The van der Waals surface area contributed by atoms with Crippen molar-refractivity contribution < 1.29 is 14.0 Å². The number of methoxy groups -OCH3 is 1. The topological polar surface area (TPSA) is 27.7 Å². The Labute approximate surface area is 111 Å². The molecule has 1 aromatic carbocycles. The molecule has 100 valence electrons. The normalized spacial score (nSPS) is 11.1. The maximum Gasteiger partial charge on any atom is 0.494 e. The van der Waals surface area contributed by atoms with Gasteiger partial charge in [0.1, 0.15) is 5.75 Å². The molecule has 4 heteroatoms. The molecule has 0 heterocycles. The fourth-order valence-electron chi connectivity index (χ4n) is 1.71. The highest BCUT2D eigenvalue weighted by molar-refractivity contribution is 6.62. The van der Waals surface area contributed by atoms with Gasteiger partial charge in [-0.3, -0.25) is 0 Å². The lowest BCUT2D eigenvalue weighted by Gasteiger charge is -2.21. The number of aryl methyl sites for hydroxylation is 1. The van der Waals surface area contributed by atoms with Gasteiger partial charge in [-0.2, -0.15) is 0 Å². The monoisotopic (exact) mass is 250 g/mol. The summed E-state index contributed by atoms with van der Waals surface area (Å²) in [6, 6.07) is 5.93. The molecule has 0 aromatic heterocycles. The molecule has 0 unspecified atom stereocenters. The van der Waals surface area contributed by atoms with Crippen molar-refractivity contribution in [3.8, 4) is 5.75 Å². The Hall–Kier alpha value is -0.995. The molecule has 0 bridgehead atoms. The van der Waals surface area contributed by atoms with Gasteiger partial charge < -0.3 is 14.0 Å². The molecule has 0 spiro atoms. The average Bonchev–Trinajstić information content (AvgIpc) is 2.26. The molecule has 0 radical (unpaired) electrons. The number of benzene rings is 1. The van der Waals surface area contributed by atoms with Crippen molar-refractivity contribution in [2.24, 2.45) is 0 Å². The van der Waals surface area contributed by atoms with Gasteiger partial charge in [0, 0.05) is 12.2 Å². The third-order valence-electron chi connectivity index (χ3n) is 2.52. The molecule has 1 rings (SSSR count). The molecule has 1 aromatic rings. The largest absolute Gasteiger partial charge is 0.497 e. The fourth-order valence-corrected chi connectivity index (χ4v) is 1.71. The van der Waals surface area contributed by atoms with Crippen LogP contribution in [0.25, 0.3) is 0 Å². The van der Waals surface area contributed by atoms with Crippen molar-refractivity contribution in [3.63, 3.8) is 0 Å². The van der Waals surface area contributed by atoms with Gasteiger partial charge in [-0.15, -0.1) is 0 Å². The van der Waals surface area contributed by atoms with Crippen molar-refractivity contribution in [3.05, 3.63) is 23.8 Å². The molecular formula is C14H23BO3. The molecule has 0 N–H and O–H groups in total. The number of hydrogen-bond donors (Lipinski definition) is 0. The molecular weight excluding hydrogens is 227 g/mol. The summed E-state index contributed by atoms with van der Waals surface area (Å²) in [7, 11) is 1.34. The van der Waals surface area contributed by atoms with Crippen LogP contribution in [0.5, 0.6) is 5.75 Å². The van der Waals surface area contributed by atoms with E-state index in [2.05, 4.69) is 0 Å². The highest BCUT2D eigenvalue weighted by Crippen LogP contribution is 2.12. The number of hydrogen-bond acceptors (Lipinski definition) is 3. The Balaban J connectivity index is 2.96. The first-order valence-electron chi connectivity index (χ1n) is 6.39. The van der Waals surface area contributed by atoms with Gasteiger partial charge in [-0.1, -0.05) is 6.07 Å². The van der Waals surface area contributed by atoms with Gasteiger partial charge in [0.15, 0.2) is 0 Å². The zero-order valence-electron chi connectivity index (χ0n) is 12.2. The van der Waals surface area contributed by atoms with E-state index in [1.165, 1.54) is 0 Å². The minimum atomic E-state index is -0.323. The van der Waals surface area contributed by atoms with Crippen LogP contribution in [-0.2, 0) is 9.31 Å². The van der Waals surface area contributed by atoms with Crippen LogP contribution in [0, 0.1) is 6.92 Å². The van der Waals surface area contributed by atoms with Crippen LogP contribution >= 0.6 is 0 Å². The lowest BCUT2D eigenvalue weighted by atomic mass is 9.75. The molecule has 0 saturated heterocycles. The molecule has 0 atom stereocenters. The maximum absolute atomic E-state index is 5.84. The van der Waals surface area contributed by atoms with Crippen LogP contribution in [0.15, 0.2) is 18.2 Å². The van der Waals surface area contributed by atoms with E-state index in [1.54, 1.807) is 7.11 Å². The highest BCUT2D eigenvalue weighted by Gasteiger charge is 2.25. The average molecular weight is 250 g/mol. The van der Waals surface area contributed by atoms with E-state index in [1.807, 2.05) is 52.8 Å². The smallest absolute Gasteiger partial charge is 0.494 e. The van der Waals surface area contributed by atoms with Gasteiger partial charge in [0.25, 0.3) is 0 Å². The van der Waals surface area contributed by atoms with Crippen LogP contribution in [0.2, 0.25) is 0 Å². The van der Waals surface area contributed by atoms with Gasteiger partial charge in [-0.25, -0.2) is 0 Å². The van der Waals surface area contributed by atoms with E-state index >= 15 is 0 Å². The van der Waals surface area contributed by atoms with E-state index in [4.69, 9.17) is 14.0 Å². The molecule has 18 heavy (non-hydrogen) atoms. The number of rotatable bonds is 6. The summed E-state index contributed by atoms with van der Waals surface area (Å²) < 4.78 is 16.9. The summed E-state index contributed by atoms with van der Waals surface area (Å²) in [5.74, 6) is 0.851. The van der Waals surface area contributed by atoms with Crippen molar-refractivity contribution >= 4 is 12.6 Å². The van der Waals surface area contributed by atoms with Gasteiger partial charge in [0.2, 0.25) is 0 Å². The summed E-state index contributed by atoms with van der Waals surface area (Å²) in [5, 5.41) is 0. The van der Waals surface area contributed by atoms with E-state index in [-0.39, 0.29) is 19.3 Å². The summed E-state index contributed by atoms with van der Waals surface area (Å²) in [5.41, 5.74) is 2.17. The standard InChI is InChI=1S/C14H23BO3/c1-10(2)17-15(18-11(3)4)14-8-7-13(16-6)9-12(14)5/h7-11H,1-6H3. The first kappa shape index (κ1) is 15.1. The number of ether oxygens (including phenoxy) is 1. The van der Waals surface area contributed by atoms with Crippen molar-refractivity contribution in [2.45, 2.75) is 46.8 Å². The molecule has 3 nitrogen and oxygen atoms in total. The Kier molecular flexibility index (Phi) is 5.70. The minimum absolute atomic E-state index is 0.121. The molecule has 0 saturated carbocycles. The van der Waals surface area contributed by atoms with Gasteiger partial charge >= 0.3 is 7.12 Å².